The Morgan fingerprint density at radius 1 is 0.825 bits per heavy atom. The predicted octanol–water partition coefficient (Wildman–Crippen LogP) is 8.17. The molecular formula is C33H55N3O3S. The van der Waals surface area contributed by atoms with Crippen molar-refractivity contribution in [2.45, 2.75) is 128 Å². The van der Waals surface area contributed by atoms with Crippen LogP contribution < -0.4 is 10.1 Å². The van der Waals surface area contributed by atoms with Crippen LogP contribution in [0.25, 0.3) is 10.8 Å². The van der Waals surface area contributed by atoms with E-state index in [9.17, 15) is 8.42 Å². The highest BCUT2D eigenvalue weighted by atomic mass is 32.2. The number of sulfonamides is 1. The molecule has 2 heterocycles. The number of pyridine rings is 1. The molecular weight excluding hydrogens is 518 g/mol. The van der Waals surface area contributed by atoms with E-state index in [1.54, 1.807) is 16.6 Å². The van der Waals surface area contributed by atoms with Gasteiger partial charge in [-0.3, -0.25) is 0 Å². The first kappa shape index (κ1) is 32.8. The summed E-state index contributed by atoms with van der Waals surface area (Å²) in [4.78, 5) is 4.89. The standard InChI is InChI=1S/C33H55N3O3S/c1-3-4-5-6-7-8-9-10-11-12-13-14-15-16-17-18-27-39-33-30-21-19-22-31(32(30)29(2)28-35-33)40(37,38)36-25-20-23-34-24-26-36/h19,21-22,28,34H,3-18,20,23-27H2,1-2H3. The van der Waals surface area contributed by atoms with Crippen molar-refractivity contribution in [3.05, 3.63) is 30.0 Å². The third-order valence-electron chi connectivity index (χ3n) is 8.18. The SMILES string of the molecule is CCCCCCCCCCCCCCCCCCOc1ncc(C)c2c(S(=O)(=O)N3CCCNCC3)cccc12. The number of nitrogens with one attached hydrogen (secondary N) is 1. The summed E-state index contributed by atoms with van der Waals surface area (Å²) >= 11 is 0. The van der Waals surface area contributed by atoms with Crippen molar-refractivity contribution in [1.82, 2.24) is 14.6 Å². The molecule has 0 unspecified atom stereocenters. The van der Waals surface area contributed by atoms with E-state index in [2.05, 4.69) is 17.2 Å². The van der Waals surface area contributed by atoms with Gasteiger partial charge in [-0.2, -0.15) is 4.31 Å². The van der Waals surface area contributed by atoms with E-state index in [0.717, 1.165) is 42.1 Å². The number of nitrogens with zero attached hydrogens (tertiary/aromatic N) is 2. The summed E-state index contributed by atoms with van der Waals surface area (Å²) in [6.45, 7) is 7.38. The van der Waals surface area contributed by atoms with Crippen molar-refractivity contribution < 1.29 is 13.2 Å². The number of rotatable bonds is 20. The average molecular weight is 574 g/mol. The summed E-state index contributed by atoms with van der Waals surface area (Å²) in [7, 11) is -3.59. The molecule has 2 aromatic rings. The van der Waals surface area contributed by atoms with Gasteiger partial charge in [0.25, 0.3) is 0 Å². The lowest BCUT2D eigenvalue weighted by Crippen LogP contribution is -2.34. The van der Waals surface area contributed by atoms with E-state index in [4.69, 9.17) is 4.74 Å². The average Bonchev–Trinajstić information content (AvgIpc) is 3.26. The van der Waals surface area contributed by atoms with E-state index in [-0.39, 0.29) is 0 Å². The van der Waals surface area contributed by atoms with Crippen LogP contribution >= 0.6 is 0 Å². The summed E-state index contributed by atoms with van der Waals surface area (Å²) in [6.07, 6.45) is 24.0. The first-order valence-corrected chi connectivity index (χ1v) is 17.7. The van der Waals surface area contributed by atoms with Gasteiger partial charge in [-0.05, 0) is 44.0 Å². The quantitative estimate of drug-likeness (QED) is 0.162. The number of ether oxygens (including phenoxy) is 1. The van der Waals surface area contributed by atoms with Crippen LogP contribution in [0.3, 0.4) is 0 Å². The summed E-state index contributed by atoms with van der Waals surface area (Å²) < 4.78 is 34.9. The number of fused-ring (bicyclic) bond motifs is 1. The molecule has 7 heteroatoms. The molecule has 1 aromatic heterocycles. The maximum absolute atomic E-state index is 13.6. The first-order valence-electron chi connectivity index (χ1n) is 16.3. The van der Waals surface area contributed by atoms with Crippen LogP contribution in [0.1, 0.15) is 122 Å². The van der Waals surface area contributed by atoms with Crippen LogP contribution in [0.2, 0.25) is 0 Å². The molecule has 0 saturated carbocycles. The van der Waals surface area contributed by atoms with Gasteiger partial charge in [0.05, 0.1) is 11.5 Å². The van der Waals surface area contributed by atoms with Crippen molar-refractivity contribution in [3.8, 4) is 5.88 Å². The Morgan fingerprint density at radius 3 is 2.05 bits per heavy atom. The third-order valence-corrected chi connectivity index (χ3v) is 10.1. The molecule has 1 aliphatic rings. The monoisotopic (exact) mass is 573 g/mol. The molecule has 0 radical (unpaired) electrons. The van der Waals surface area contributed by atoms with Crippen LogP contribution in [-0.4, -0.2) is 50.5 Å². The minimum atomic E-state index is -3.59. The van der Waals surface area contributed by atoms with Crippen LogP contribution in [0, 0.1) is 6.92 Å². The highest BCUT2D eigenvalue weighted by molar-refractivity contribution is 7.89. The number of unbranched alkanes of at least 4 members (excludes halogenated alkanes) is 15. The van der Waals surface area contributed by atoms with E-state index in [1.165, 1.54) is 89.9 Å². The normalized spacial score (nSPS) is 14.9. The maximum atomic E-state index is 13.6. The zero-order valence-electron chi connectivity index (χ0n) is 25.4. The smallest absolute Gasteiger partial charge is 0.243 e. The Labute approximate surface area is 244 Å². The first-order chi connectivity index (χ1) is 19.6. The third kappa shape index (κ3) is 10.6. The lowest BCUT2D eigenvalue weighted by Gasteiger charge is -2.21. The van der Waals surface area contributed by atoms with Gasteiger partial charge >= 0.3 is 0 Å². The molecule has 1 N–H and O–H groups in total. The molecule has 1 saturated heterocycles. The Balaban J connectivity index is 1.35. The fraction of sp³-hybridized carbons (Fsp3) is 0.727. The lowest BCUT2D eigenvalue weighted by atomic mass is 10.0. The Morgan fingerprint density at radius 2 is 1.43 bits per heavy atom. The Hall–Kier alpha value is -1.70. The maximum Gasteiger partial charge on any atom is 0.243 e. The predicted molar refractivity (Wildman–Crippen MR) is 168 cm³/mol. The van der Waals surface area contributed by atoms with Crippen molar-refractivity contribution in [3.63, 3.8) is 0 Å². The Kier molecular flexibility index (Phi) is 15.3. The van der Waals surface area contributed by atoms with Crippen LogP contribution in [0.4, 0.5) is 0 Å². The van der Waals surface area contributed by atoms with E-state index in [0.29, 0.717) is 37.0 Å². The van der Waals surface area contributed by atoms with Gasteiger partial charge in [-0.15, -0.1) is 0 Å². The fourth-order valence-corrected chi connectivity index (χ4v) is 7.51. The summed E-state index contributed by atoms with van der Waals surface area (Å²) in [5, 5.41) is 4.80. The molecule has 0 bridgehead atoms. The Bertz CT molecular complexity index is 1080. The summed E-state index contributed by atoms with van der Waals surface area (Å²) in [5.74, 6) is 0.538. The van der Waals surface area contributed by atoms with Crippen molar-refractivity contribution in [2.75, 3.05) is 32.8 Å². The minimum absolute atomic E-state index is 0.360. The second-order valence-electron chi connectivity index (χ2n) is 11.6. The zero-order chi connectivity index (χ0) is 28.5. The van der Waals surface area contributed by atoms with Gasteiger partial charge in [-0.25, -0.2) is 13.4 Å². The van der Waals surface area contributed by atoms with Crippen LogP contribution in [0.5, 0.6) is 5.88 Å². The molecule has 0 atom stereocenters. The van der Waals surface area contributed by atoms with Gasteiger partial charge in [0.15, 0.2) is 0 Å². The van der Waals surface area contributed by atoms with E-state index >= 15 is 0 Å². The topological polar surface area (TPSA) is 71.5 Å². The number of aromatic nitrogens is 1. The van der Waals surface area contributed by atoms with Gasteiger partial charge in [0.2, 0.25) is 15.9 Å². The van der Waals surface area contributed by atoms with Crippen molar-refractivity contribution in [2.24, 2.45) is 0 Å². The summed E-state index contributed by atoms with van der Waals surface area (Å²) in [6, 6.07) is 5.47. The van der Waals surface area contributed by atoms with E-state index < -0.39 is 10.0 Å². The van der Waals surface area contributed by atoms with Crippen molar-refractivity contribution in [1.29, 1.82) is 0 Å². The van der Waals surface area contributed by atoms with Crippen LogP contribution in [0.15, 0.2) is 29.3 Å². The van der Waals surface area contributed by atoms with Crippen molar-refractivity contribution >= 4 is 20.8 Å². The molecule has 1 aliphatic heterocycles. The molecule has 226 valence electrons. The molecule has 40 heavy (non-hydrogen) atoms. The minimum Gasteiger partial charge on any atom is -0.477 e. The molecule has 1 fully saturated rings. The second kappa shape index (κ2) is 18.7. The molecule has 0 spiro atoms. The molecule has 6 nitrogen and oxygen atoms in total. The largest absolute Gasteiger partial charge is 0.477 e. The van der Waals surface area contributed by atoms with E-state index in [1.807, 2.05) is 19.1 Å². The fourth-order valence-electron chi connectivity index (χ4n) is 5.76. The molecule has 3 rings (SSSR count). The van der Waals surface area contributed by atoms with Gasteiger partial charge in [0, 0.05) is 36.6 Å². The van der Waals surface area contributed by atoms with Gasteiger partial charge in [0.1, 0.15) is 0 Å². The second-order valence-corrected chi connectivity index (χ2v) is 13.5. The number of benzene rings is 1. The zero-order valence-corrected chi connectivity index (χ0v) is 26.2. The summed E-state index contributed by atoms with van der Waals surface area (Å²) in [5.41, 5.74) is 0.858. The molecule has 0 aliphatic carbocycles. The van der Waals surface area contributed by atoms with Gasteiger partial charge in [-0.1, -0.05) is 109 Å². The molecule has 1 aromatic carbocycles. The van der Waals surface area contributed by atoms with Gasteiger partial charge < -0.3 is 10.1 Å². The number of hydrogen-bond donors (Lipinski definition) is 1. The highest BCUT2D eigenvalue weighted by Crippen LogP contribution is 2.33. The number of aryl methyl sites for hydroxylation is 1. The van der Waals surface area contributed by atoms with Crippen LogP contribution in [-0.2, 0) is 10.0 Å². The highest BCUT2D eigenvalue weighted by Gasteiger charge is 2.28. The molecule has 0 amide bonds. The lowest BCUT2D eigenvalue weighted by molar-refractivity contribution is 0.297. The number of hydrogen-bond acceptors (Lipinski definition) is 5.